The Labute approximate surface area is 129 Å². The maximum absolute atomic E-state index is 11.6. The number of aliphatic hydroxyl groups is 1. The zero-order chi connectivity index (χ0) is 15.0. The molecule has 0 bridgehead atoms. The Bertz CT molecular complexity index is 761. The summed E-state index contributed by atoms with van der Waals surface area (Å²) in [6.07, 6.45) is 0. The van der Waals surface area contributed by atoms with Gasteiger partial charge >= 0.3 is 0 Å². The van der Waals surface area contributed by atoms with Crippen LogP contribution in [-0.4, -0.2) is 16.9 Å². The Hall–Kier alpha value is -2.40. The first kappa shape index (κ1) is 13.6. The molecule has 2 aromatic rings. The van der Waals surface area contributed by atoms with E-state index >= 15 is 0 Å². The molecule has 5 heteroatoms. The minimum absolute atomic E-state index is 0.0161. The lowest BCUT2D eigenvalue weighted by Crippen LogP contribution is -2.22. The molecule has 4 nitrogen and oxygen atoms in total. The van der Waals surface area contributed by atoms with Crippen molar-refractivity contribution in [2.45, 2.75) is 0 Å². The molecular weight excluding hydrogens is 334 g/mol. The lowest BCUT2D eigenvalue weighted by atomic mass is 10.00. The van der Waals surface area contributed by atoms with E-state index in [1.165, 1.54) is 0 Å². The van der Waals surface area contributed by atoms with Gasteiger partial charge < -0.3 is 5.11 Å². The summed E-state index contributed by atoms with van der Waals surface area (Å²) in [5.74, 6) is -1.86. The average Bonchev–Trinajstić information content (AvgIpc) is 2.73. The van der Waals surface area contributed by atoms with Crippen LogP contribution in [0.1, 0.15) is 5.56 Å². The first-order chi connectivity index (χ1) is 10.1. The van der Waals surface area contributed by atoms with Gasteiger partial charge in [0.2, 0.25) is 0 Å². The van der Waals surface area contributed by atoms with Crippen LogP contribution >= 0.6 is 15.9 Å². The van der Waals surface area contributed by atoms with E-state index in [4.69, 9.17) is 0 Å². The number of rotatable bonds is 2. The van der Waals surface area contributed by atoms with Gasteiger partial charge in [0.25, 0.3) is 11.8 Å². The van der Waals surface area contributed by atoms with Crippen LogP contribution in [0.5, 0.6) is 0 Å². The maximum atomic E-state index is 11.6. The third-order valence-electron chi connectivity index (χ3n) is 3.26. The number of nitrogens with one attached hydrogen (secondary N) is 1. The molecule has 0 aromatic heterocycles. The van der Waals surface area contributed by atoms with E-state index in [1.54, 1.807) is 12.1 Å². The van der Waals surface area contributed by atoms with Crippen molar-refractivity contribution in [3.8, 4) is 11.1 Å². The van der Waals surface area contributed by atoms with Crippen LogP contribution in [0.2, 0.25) is 0 Å². The SMILES string of the molecule is O=C1NC(=O)C(c2ccc(-c3ccc(Br)cc3)cc2)=C1O. The highest BCUT2D eigenvalue weighted by molar-refractivity contribution is 9.10. The Kier molecular flexibility index (Phi) is 3.35. The molecule has 0 fully saturated rings. The van der Waals surface area contributed by atoms with Gasteiger partial charge in [-0.1, -0.05) is 52.3 Å². The molecule has 0 radical (unpaired) electrons. The molecule has 21 heavy (non-hydrogen) atoms. The minimum atomic E-state index is -0.757. The van der Waals surface area contributed by atoms with Crippen molar-refractivity contribution in [3.63, 3.8) is 0 Å². The van der Waals surface area contributed by atoms with Gasteiger partial charge in [-0.15, -0.1) is 0 Å². The van der Waals surface area contributed by atoms with Gasteiger partial charge in [-0.25, -0.2) is 0 Å². The number of imide groups is 1. The minimum Gasteiger partial charge on any atom is -0.502 e. The second kappa shape index (κ2) is 5.18. The highest BCUT2D eigenvalue weighted by Gasteiger charge is 2.30. The summed E-state index contributed by atoms with van der Waals surface area (Å²) in [4.78, 5) is 22.9. The Balaban J connectivity index is 1.97. The molecule has 2 N–H and O–H groups in total. The molecule has 3 rings (SSSR count). The van der Waals surface area contributed by atoms with Crippen molar-refractivity contribution in [2.75, 3.05) is 0 Å². The van der Waals surface area contributed by atoms with Crippen LogP contribution in [0.25, 0.3) is 16.7 Å². The number of carbonyl (C=O) groups is 2. The van der Waals surface area contributed by atoms with E-state index in [-0.39, 0.29) is 5.57 Å². The summed E-state index contributed by atoms with van der Waals surface area (Å²) in [6, 6.07) is 14.9. The van der Waals surface area contributed by atoms with Crippen LogP contribution in [0.3, 0.4) is 0 Å². The molecule has 1 heterocycles. The number of amides is 2. The van der Waals surface area contributed by atoms with Gasteiger partial charge in [-0.05, 0) is 28.8 Å². The number of benzene rings is 2. The molecule has 0 spiro atoms. The molecule has 2 amide bonds. The Morgan fingerprint density at radius 1 is 0.762 bits per heavy atom. The fourth-order valence-electron chi connectivity index (χ4n) is 2.19. The molecule has 104 valence electrons. The van der Waals surface area contributed by atoms with Crippen LogP contribution < -0.4 is 5.32 Å². The summed E-state index contributed by atoms with van der Waals surface area (Å²) >= 11 is 3.38. The first-order valence-electron chi connectivity index (χ1n) is 6.21. The van der Waals surface area contributed by atoms with Crippen LogP contribution in [0.15, 0.2) is 58.8 Å². The Morgan fingerprint density at radius 2 is 1.24 bits per heavy atom. The predicted octanol–water partition coefficient (Wildman–Crippen LogP) is 3.04. The van der Waals surface area contributed by atoms with E-state index in [9.17, 15) is 14.7 Å². The predicted molar refractivity (Wildman–Crippen MR) is 82.3 cm³/mol. The van der Waals surface area contributed by atoms with Gasteiger partial charge in [0.05, 0.1) is 5.57 Å². The smallest absolute Gasteiger partial charge is 0.293 e. The fourth-order valence-corrected chi connectivity index (χ4v) is 2.45. The van der Waals surface area contributed by atoms with Crippen LogP contribution in [0, 0.1) is 0 Å². The van der Waals surface area contributed by atoms with Crippen LogP contribution in [-0.2, 0) is 9.59 Å². The molecular formula is C16H10BrNO3. The summed E-state index contributed by atoms with van der Waals surface area (Å²) in [6.45, 7) is 0. The zero-order valence-electron chi connectivity index (χ0n) is 10.8. The number of carbonyl (C=O) groups excluding carboxylic acids is 2. The largest absolute Gasteiger partial charge is 0.502 e. The fraction of sp³-hybridized carbons (Fsp3) is 0. The number of halogens is 1. The van der Waals surface area contributed by atoms with Crippen LogP contribution in [0.4, 0.5) is 0 Å². The van der Waals surface area contributed by atoms with Gasteiger partial charge in [0, 0.05) is 4.47 Å². The van der Waals surface area contributed by atoms with E-state index in [1.807, 2.05) is 36.4 Å². The van der Waals surface area contributed by atoms with E-state index in [0.29, 0.717) is 5.56 Å². The summed E-state index contributed by atoms with van der Waals surface area (Å²) in [5, 5.41) is 11.7. The topological polar surface area (TPSA) is 66.4 Å². The third kappa shape index (κ3) is 2.48. The van der Waals surface area contributed by atoms with E-state index < -0.39 is 17.6 Å². The van der Waals surface area contributed by atoms with E-state index in [2.05, 4.69) is 21.2 Å². The molecule has 2 aromatic carbocycles. The highest BCUT2D eigenvalue weighted by Crippen LogP contribution is 2.26. The van der Waals surface area contributed by atoms with Gasteiger partial charge in [0.15, 0.2) is 5.76 Å². The number of hydrogen-bond acceptors (Lipinski definition) is 3. The molecule has 0 atom stereocenters. The van der Waals surface area contributed by atoms with Crippen molar-refractivity contribution in [2.24, 2.45) is 0 Å². The second-order valence-corrected chi connectivity index (χ2v) is 5.51. The quantitative estimate of drug-likeness (QED) is 0.823. The van der Waals surface area contributed by atoms with Crippen molar-refractivity contribution in [1.82, 2.24) is 5.32 Å². The van der Waals surface area contributed by atoms with Crippen molar-refractivity contribution < 1.29 is 14.7 Å². The van der Waals surface area contributed by atoms with Gasteiger partial charge in [-0.2, -0.15) is 0 Å². The lowest BCUT2D eigenvalue weighted by molar-refractivity contribution is -0.124. The monoisotopic (exact) mass is 343 g/mol. The summed E-state index contributed by atoms with van der Waals surface area (Å²) < 4.78 is 0.999. The number of aliphatic hydroxyl groups excluding tert-OH is 1. The third-order valence-corrected chi connectivity index (χ3v) is 3.79. The highest BCUT2D eigenvalue weighted by atomic mass is 79.9. The van der Waals surface area contributed by atoms with Crippen molar-refractivity contribution in [3.05, 3.63) is 64.3 Å². The second-order valence-electron chi connectivity index (χ2n) is 4.59. The zero-order valence-corrected chi connectivity index (χ0v) is 12.3. The first-order valence-corrected chi connectivity index (χ1v) is 7.01. The molecule has 0 unspecified atom stereocenters. The normalized spacial score (nSPS) is 14.5. The molecule has 1 aliphatic rings. The molecule has 0 saturated heterocycles. The van der Waals surface area contributed by atoms with Crippen molar-refractivity contribution >= 4 is 33.3 Å². The molecule has 0 aliphatic carbocycles. The summed E-state index contributed by atoms with van der Waals surface area (Å²) in [5.41, 5.74) is 2.55. The molecule has 1 aliphatic heterocycles. The standard InChI is InChI=1S/C16H10BrNO3/c17-12-7-5-10(6-8-12)9-1-3-11(4-2-9)13-14(19)16(21)18-15(13)20/h1-8H,(H2,18,19,20,21). The van der Waals surface area contributed by atoms with Gasteiger partial charge in [-0.3, -0.25) is 14.9 Å². The maximum Gasteiger partial charge on any atom is 0.293 e. The lowest BCUT2D eigenvalue weighted by Gasteiger charge is -2.05. The average molecular weight is 344 g/mol. The van der Waals surface area contributed by atoms with Gasteiger partial charge in [0.1, 0.15) is 0 Å². The van der Waals surface area contributed by atoms with Crippen molar-refractivity contribution in [1.29, 1.82) is 0 Å². The summed E-state index contributed by atoms with van der Waals surface area (Å²) in [7, 11) is 0. The molecule has 0 saturated carbocycles. The number of hydrogen-bond donors (Lipinski definition) is 2. The Morgan fingerprint density at radius 3 is 1.71 bits per heavy atom. The van der Waals surface area contributed by atoms with E-state index in [0.717, 1.165) is 15.6 Å².